The Bertz CT molecular complexity index is 717. The van der Waals surface area contributed by atoms with Crippen molar-refractivity contribution in [3.05, 3.63) is 71.9 Å². The number of aliphatic hydroxyl groups excluding tert-OH is 1. The predicted octanol–water partition coefficient (Wildman–Crippen LogP) is 3.34. The molecule has 2 aromatic carbocycles. The summed E-state index contributed by atoms with van der Waals surface area (Å²) in [7, 11) is 0. The molecule has 1 aromatic heterocycles. The van der Waals surface area contributed by atoms with Gasteiger partial charge >= 0.3 is 0 Å². The second kappa shape index (κ2) is 5.31. The van der Waals surface area contributed by atoms with Crippen molar-refractivity contribution in [2.24, 2.45) is 0 Å². The van der Waals surface area contributed by atoms with E-state index in [9.17, 15) is 5.11 Å². The van der Waals surface area contributed by atoms with Gasteiger partial charge in [0, 0.05) is 17.3 Å². The molecule has 0 atom stereocenters. The van der Waals surface area contributed by atoms with Gasteiger partial charge in [0.05, 0.1) is 18.0 Å². The van der Waals surface area contributed by atoms with E-state index in [1.165, 1.54) is 5.56 Å². The lowest BCUT2D eigenvalue weighted by molar-refractivity contribution is 0.282. The quantitative estimate of drug-likeness (QED) is 0.788. The van der Waals surface area contributed by atoms with E-state index in [0.29, 0.717) is 0 Å². The molecule has 0 bridgehead atoms. The third-order valence-electron chi connectivity index (χ3n) is 3.27. The maximum atomic E-state index is 9.54. The summed E-state index contributed by atoms with van der Waals surface area (Å²) in [5, 5.41) is 14.2. The highest BCUT2D eigenvalue weighted by molar-refractivity contribution is 5.63. The van der Waals surface area contributed by atoms with Crippen molar-refractivity contribution >= 4 is 0 Å². The van der Waals surface area contributed by atoms with Gasteiger partial charge in [0.15, 0.2) is 0 Å². The molecule has 0 saturated heterocycles. The number of nitrogens with zero attached hydrogens (tertiary/aromatic N) is 2. The molecule has 3 aromatic rings. The molecule has 3 nitrogen and oxygen atoms in total. The topological polar surface area (TPSA) is 38.0 Å². The zero-order valence-electron chi connectivity index (χ0n) is 11.3. The van der Waals surface area contributed by atoms with Crippen LogP contribution in [0.2, 0.25) is 0 Å². The smallest absolute Gasteiger partial charge is 0.0982 e. The molecule has 0 aliphatic heterocycles. The highest BCUT2D eigenvalue weighted by Crippen LogP contribution is 2.23. The van der Waals surface area contributed by atoms with E-state index < -0.39 is 0 Å². The summed E-state index contributed by atoms with van der Waals surface area (Å²) in [5.41, 5.74) is 4.86. The number of benzene rings is 2. The average molecular weight is 264 g/mol. The zero-order valence-corrected chi connectivity index (χ0v) is 11.3. The second-order valence-corrected chi connectivity index (χ2v) is 4.81. The fraction of sp³-hybridized carbons (Fsp3) is 0.118. The Balaban J connectivity index is 2.10. The van der Waals surface area contributed by atoms with Crippen LogP contribution in [0.3, 0.4) is 0 Å². The van der Waals surface area contributed by atoms with Crippen molar-refractivity contribution in [3.8, 4) is 16.9 Å². The standard InChI is InChI=1S/C17H16N2O/c1-13-6-5-9-16(10-13)19-11-15(12-20)17(18-19)14-7-3-2-4-8-14/h2-11,20H,12H2,1H3. The third-order valence-corrected chi connectivity index (χ3v) is 3.27. The van der Waals surface area contributed by atoms with Crippen molar-refractivity contribution in [1.82, 2.24) is 9.78 Å². The van der Waals surface area contributed by atoms with Crippen molar-refractivity contribution in [2.75, 3.05) is 0 Å². The lowest BCUT2D eigenvalue weighted by Gasteiger charge is -2.02. The van der Waals surface area contributed by atoms with E-state index in [4.69, 9.17) is 0 Å². The fourth-order valence-electron chi connectivity index (χ4n) is 2.27. The molecule has 0 saturated carbocycles. The summed E-state index contributed by atoms with van der Waals surface area (Å²) >= 11 is 0. The minimum atomic E-state index is -0.0178. The summed E-state index contributed by atoms with van der Waals surface area (Å²) < 4.78 is 1.82. The summed E-state index contributed by atoms with van der Waals surface area (Å²) in [6.45, 7) is 2.04. The summed E-state index contributed by atoms with van der Waals surface area (Å²) in [5.74, 6) is 0. The zero-order chi connectivity index (χ0) is 13.9. The van der Waals surface area contributed by atoms with Crippen LogP contribution < -0.4 is 0 Å². The van der Waals surface area contributed by atoms with Crippen molar-refractivity contribution in [2.45, 2.75) is 13.5 Å². The van der Waals surface area contributed by atoms with Crippen LogP contribution in [-0.4, -0.2) is 14.9 Å². The second-order valence-electron chi connectivity index (χ2n) is 4.81. The van der Waals surface area contributed by atoms with Crippen LogP contribution in [-0.2, 0) is 6.61 Å². The Morgan fingerprint density at radius 2 is 1.85 bits per heavy atom. The number of aliphatic hydroxyl groups is 1. The van der Waals surface area contributed by atoms with E-state index in [2.05, 4.69) is 24.2 Å². The highest BCUT2D eigenvalue weighted by Gasteiger charge is 2.11. The number of rotatable bonds is 3. The lowest BCUT2D eigenvalue weighted by Crippen LogP contribution is -1.95. The largest absolute Gasteiger partial charge is 0.392 e. The van der Waals surface area contributed by atoms with E-state index in [1.807, 2.05) is 53.3 Å². The van der Waals surface area contributed by atoms with Gasteiger partial charge in [-0.25, -0.2) is 4.68 Å². The van der Waals surface area contributed by atoms with Crippen molar-refractivity contribution < 1.29 is 5.11 Å². The SMILES string of the molecule is Cc1cccc(-n2cc(CO)c(-c3ccccc3)n2)c1. The molecule has 100 valence electrons. The van der Waals surface area contributed by atoms with E-state index in [-0.39, 0.29) is 6.61 Å². The van der Waals surface area contributed by atoms with Crippen LogP contribution >= 0.6 is 0 Å². The molecule has 0 amide bonds. The van der Waals surface area contributed by atoms with Gasteiger partial charge in [-0.3, -0.25) is 0 Å². The maximum absolute atomic E-state index is 9.54. The number of aromatic nitrogens is 2. The number of hydrogen-bond acceptors (Lipinski definition) is 2. The van der Waals surface area contributed by atoms with Crippen LogP contribution in [0, 0.1) is 6.92 Å². The molecular formula is C17H16N2O. The molecule has 0 spiro atoms. The Morgan fingerprint density at radius 3 is 2.55 bits per heavy atom. The van der Waals surface area contributed by atoms with Crippen LogP contribution in [0.1, 0.15) is 11.1 Å². The van der Waals surface area contributed by atoms with Gasteiger partial charge in [-0.2, -0.15) is 5.10 Å². The molecule has 3 rings (SSSR count). The van der Waals surface area contributed by atoms with Gasteiger partial charge in [-0.15, -0.1) is 0 Å². The molecule has 3 heteroatoms. The number of hydrogen-bond donors (Lipinski definition) is 1. The molecule has 0 aliphatic carbocycles. The first-order valence-corrected chi connectivity index (χ1v) is 6.60. The lowest BCUT2D eigenvalue weighted by atomic mass is 10.1. The van der Waals surface area contributed by atoms with Crippen LogP contribution in [0.4, 0.5) is 0 Å². The molecule has 0 radical (unpaired) electrons. The first-order valence-electron chi connectivity index (χ1n) is 6.60. The molecule has 20 heavy (non-hydrogen) atoms. The first kappa shape index (κ1) is 12.6. The van der Waals surface area contributed by atoms with Gasteiger partial charge in [0.1, 0.15) is 0 Å². The Kier molecular flexibility index (Phi) is 3.35. The van der Waals surface area contributed by atoms with Crippen molar-refractivity contribution in [3.63, 3.8) is 0 Å². The van der Waals surface area contributed by atoms with E-state index >= 15 is 0 Å². The van der Waals surface area contributed by atoms with Gasteiger partial charge in [0.25, 0.3) is 0 Å². The van der Waals surface area contributed by atoms with Crippen molar-refractivity contribution in [1.29, 1.82) is 0 Å². The molecule has 0 unspecified atom stereocenters. The van der Waals surface area contributed by atoms with Gasteiger partial charge < -0.3 is 5.11 Å². The minimum Gasteiger partial charge on any atom is -0.392 e. The van der Waals surface area contributed by atoms with Crippen LogP contribution in [0.15, 0.2) is 60.8 Å². The fourth-order valence-corrected chi connectivity index (χ4v) is 2.27. The molecule has 0 aliphatic rings. The Labute approximate surface area is 118 Å². The maximum Gasteiger partial charge on any atom is 0.0982 e. The van der Waals surface area contributed by atoms with E-state index in [0.717, 1.165) is 22.5 Å². The third kappa shape index (κ3) is 2.36. The normalized spacial score (nSPS) is 10.7. The molecule has 1 heterocycles. The summed E-state index contributed by atoms with van der Waals surface area (Å²) in [4.78, 5) is 0. The number of aryl methyl sites for hydroxylation is 1. The Morgan fingerprint density at radius 1 is 1.05 bits per heavy atom. The predicted molar refractivity (Wildman–Crippen MR) is 79.7 cm³/mol. The average Bonchev–Trinajstić information content (AvgIpc) is 2.92. The Hall–Kier alpha value is -2.39. The first-order chi connectivity index (χ1) is 9.78. The minimum absolute atomic E-state index is 0.0178. The molecule has 0 fully saturated rings. The van der Waals surface area contributed by atoms with Gasteiger partial charge in [-0.05, 0) is 24.6 Å². The summed E-state index contributed by atoms with van der Waals surface area (Å²) in [6, 6.07) is 18.1. The monoisotopic (exact) mass is 264 g/mol. The van der Waals surface area contributed by atoms with Gasteiger partial charge in [0.2, 0.25) is 0 Å². The van der Waals surface area contributed by atoms with E-state index in [1.54, 1.807) is 0 Å². The molecular weight excluding hydrogens is 248 g/mol. The van der Waals surface area contributed by atoms with Crippen LogP contribution in [0.5, 0.6) is 0 Å². The van der Waals surface area contributed by atoms with Crippen LogP contribution in [0.25, 0.3) is 16.9 Å². The van der Waals surface area contributed by atoms with Gasteiger partial charge in [-0.1, -0.05) is 42.5 Å². The highest BCUT2D eigenvalue weighted by atomic mass is 16.3. The molecule has 1 N–H and O–H groups in total. The summed E-state index contributed by atoms with van der Waals surface area (Å²) in [6.07, 6.45) is 1.89.